The van der Waals surface area contributed by atoms with E-state index in [1.165, 1.54) is 0 Å². The second kappa shape index (κ2) is 2.20. The minimum atomic E-state index is 0.704. The van der Waals surface area contributed by atoms with Gasteiger partial charge in [-0.1, -0.05) is 36.3 Å². The van der Waals surface area contributed by atoms with Gasteiger partial charge in [0.25, 0.3) is 0 Å². The van der Waals surface area contributed by atoms with Crippen molar-refractivity contribution in [2.24, 2.45) is 5.92 Å². The molecule has 1 aliphatic heterocycles. The van der Waals surface area contributed by atoms with E-state index in [2.05, 4.69) is 29.0 Å². The van der Waals surface area contributed by atoms with Crippen molar-refractivity contribution < 1.29 is 0 Å². The van der Waals surface area contributed by atoms with E-state index in [0.29, 0.717) is 5.25 Å². The summed E-state index contributed by atoms with van der Waals surface area (Å²) in [5.41, 5.74) is 0. The second-order valence-electron chi connectivity index (χ2n) is 2.36. The molecule has 0 amide bonds. The van der Waals surface area contributed by atoms with E-state index in [4.69, 9.17) is 0 Å². The first-order valence-corrected chi connectivity index (χ1v) is 4.08. The van der Waals surface area contributed by atoms with Crippen molar-refractivity contribution in [2.45, 2.75) is 5.25 Å². The zero-order chi connectivity index (χ0) is 6.10. The van der Waals surface area contributed by atoms with E-state index in [1.807, 2.05) is 11.9 Å². The van der Waals surface area contributed by atoms with Crippen LogP contribution in [0.5, 0.6) is 0 Å². The standard InChI is InChI=1S/C7H9NS/c1-2-4-7-6(3-1)5-8-9-7/h1-4,6-8H,5H2. The topological polar surface area (TPSA) is 12.0 Å². The van der Waals surface area contributed by atoms with Crippen LogP contribution in [0.2, 0.25) is 0 Å². The smallest absolute Gasteiger partial charge is 0.0451 e. The lowest BCUT2D eigenvalue weighted by molar-refractivity contribution is 0.701. The Balaban J connectivity index is 2.18. The van der Waals surface area contributed by atoms with Crippen LogP contribution in [0.15, 0.2) is 24.3 Å². The summed E-state index contributed by atoms with van der Waals surface area (Å²) in [5.74, 6) is 0.750. The molecular formula is C7H9NS. The third-order valence-electron chi connectivity index (χ3n) is 1.73. The van der Waals surface area contributed by atoms with E-state index < -0.39 is 0 Å². The number of hydrogen-bond acceptors (Lipinski definition) is 2. The Morgan fingerprint density at radius 2 is 2.22 bits per heavy atom. The van der Waals surface area contributed by atoms with Gasteiger partial charge in [0, 0.05) is 17.7 Å². The molecule has 1 N–H and O–H groups in total. The highest BCUT2D eigenvalue weighted by molar-refractivity contribution is 7.98. The second-order valence-corrected chi connectivity index (χ2v) is 3.43. The molecule has 0 radical (unpaired) electrons. The number of hydrogen-bond donors (Lipinski definition) is 1. The Bertz CT molecular complexity index is 144. The van der Waals surface area contributed by atoms with Crippen LogP contribution in [-0.2, 0) is 0 Å². The summed E-state index contributed by atoms with van der Waals surface area (Å²) in [6.07, 6.45) is 8.79. The fraction of sp³-hybridized carbons (Fsp3) is 0.429. The molecule has 0 aromatic heterocycles. The zero-order valence-corrected chi connectivity index (χ0v) is 5.90. The van der Waals surface area contributed by atoms with E-state index in [1.54, 1.807) is 0 Å². The van der Waals surface area contributed by atoms with Crippen LogP contribution >= 0.6 is 11.9 Å². The fourth-order valence-electron chi connectivity index (χ4n) is 1.18. The number of nitrogens with one attached hydrogen (secondary N) is 1. The molecule has 2 aliphatic rings. The van der Waals surface area contributed by atoms with Gasteiger partial charge in [-0.25, -0.2) is 0 Å². The molecule has 1 fully saturated rings. The van der Waals surface area contributed by atoms with Gasteiger partial charge in [-0.05, 0) is 0 Å². The monoisotopic (exact) mass is 139 g/mol. The van der Waals surface area contributed by atoms with Crippen LogP contribution in [0.4, 0.5) is 0 Å². The van der Waals surface area contributed by atoms with Crippen molar-refractivity contribution in [3.8, 4) is 0 Å². The van der Waals surface area contributed by atoms with Gasteiger partial charge in [0.2, 0.25) is 0 Å². The maximum absolute atomic E-state index is 3.28. The Hall–Kier alpha value is -0.210. The predicted octanol–water partition coefficient (Wildman–Crippen LogP) is 1.35. The van der Waals surface area contributed by atoms with Crippen LogP contribution in [0.25, 0.3) is 0 Å². The summed E-state index contributed by atoms with van der Waals surface area (Å²) < 4.78 is 3.28. The van der Waals surface area contributed by atoms with Crippen molar-refractivity contribution >= 4 is 11.9 Å². The Morgan fingerprint density at radius 1 is 1.33 bits per heavy atom. The number of allylic oxidation sites excluding steroid dienone is 2. The summed E-state index contributed by atoms with van der Waals surface area (Å²) in [7, 11) is 0. The third-order valence-corrected chi connectivity index (χ3v) is 2.84. The van der Waals surface area contributed by atoms with Crippen LogP contribution in [0.3, 0.4) is 0 Å². The Labute approximate surface area is 59.3 Å². The van der Waals surface area contributed by atoms with Crippen LogP contribution in [0, 0.1) is 5.92 Å². The molecule has 0 spiro atoms. The average molecular weight is 139 g/mol. The van der Waals surface area contributed by atoms with Gasteiger partial charge in [-0.2, -0.15) is 0 Å². The highest BCUT2D eigenvalue weighted by Gasteiger charge is 2.24. The first-order chi connectivity index (χ1) is 4.47. The molecule has 2 atom stereocenters. The largest absolute Gasteiger partial charge is 0.263 e. The molecule has 1 saturated heterocycles. The first kappa shape index (κ1) is 5.57. The average Bonchev–Trinajstić information content (AvgIpc) is 2.33. The van der Waals surface area contributed by atoms with E-state index in [-0.39, 0.29) is 0 Å². The normalized spacial score (nSPS) is 39.1. The molecule has 2 rings (SSSR count). The minimum absolute atomic E-state index is 0.704. The van der Waals surface area contributed by atoms with Crippen LogP contribution in [-0.4, -0.2) is 11.8 Å². The molecule has 48 valence electrons. The molecule has 0 aromatic rings. The summed E-state index contributed by atoms with van der Waals surface area (Å²) in [5, 5.41) is 0.704. The van der Waals surface area contributed by atoms with Crippen molar-refractivity contribution in [2.75, 3.05) is 6.54 Å². The van der Waals surface area contributed by atoms with Gasteiger partial charge in [-0.3, -0.25) is 4.72 Å². The maximum Gasteiger partial charge on any atom is 0.0451 e. The van der Waals surface area contributed by atoms with Crippen LogP contribution in [0.1, 0.15) is 0 Å². The van der Waals surface area contributed by atoms with Crippen LogP contribution < -0.4 is 4.72 Å². The summed E-state index contributed by atoms with van der Waals surface area (Å²) in [6.45, 7) is 1.14. The highest BCUT2D eigenvalue weighted by atomic mass is 32.2. The lowest BCUT2D eigenvalue weighted by Gasteiger charge is -2.10. The van der Waals surface area contributed by atoms with Crippen molar-refractivity contribution in [1.82, 2.24) is 4.72 Å². The quantitative estimate of drug-likeness (QED) is 0.508. The molecule has 0 saturated carbocycles. The Morgan fingerprint density at radius 3 is 3.11 bits per heavy atom. The predicted molar refractivity (Wildman–Crippen MR) is 41.2 cm³/mol. The van der Waals surface area contributed by atoms with E-state index in [9.17, 15) is 0 Å². The molecular weight excluding hydrogens is 130 g/mol. The SMILES string of the molecule is C1=CC2CNSC2C=C1. The van der Waals surface area contributed by atoms with Gasteiger partial charge in [-0.15, -0.1) is 0 Å². The molecule has 9 heavy (non-hydrogen) atoms. The molecule has 2 unspecified atom stereocenters. The van der Waals surface area contributed by atoms with Gasteiger partial charge in [0.05, 0.1) is 0 Å². The zero-order valence-electron chi connectivity index (χ0n) is 5.08. The Kier molecular flexibility index (Phi) is 1.36. The maximum atomic E-state index is 3.28. The minimum Gasteiger partial charge on any atom is -0.263 e. The lowest BCUT2D eigenvalue weighted by Crippen LogP contribution is -2.11. The summed E-state index contributed by atoms with van der Waals surface area (Å²) in [4.78, 5) is 0. The fourth-order valence-corrected chi connectivity index (χ4v) is 2.20. The summed E-state index contributed by atoms with van der Waals surface area (Å²) in [6, 6.07) is 0. The van der Waals surface area contributed by atoms with Crippen molar-refractivity contribution in [1.29, 1.82) is 0 Å². The lowest BCUT2D eigenvalue weighted by atomic mass is 10.0. The summed E-state index contributed by atoms with van der Waals surface area (Å²) >= 11 is 1.84. The molecule has 0 bridgehead atoms. The third kappa shape index (κ3) is 0.926. The van der Waals surface area contributed by atoms with Gasteiger partial charge in [0.1, 0.15) is 0 Å². The molecule has 1 nitrogen and oxygen atoms in total. The van der Waals surface area contributed by atoms with Gasteiger partial charge in [0.15, 0.2) is 0 Å². The molecule has 1 heterocycles. The number of rotatable bonds is 0. The highest BCUT2D eigenvalue weighted by Crippen LogP contribution is 2.28. The van der Waals surface area contributed by atoms with E-state index >= 15 is 0 Å². The van der Waals surface area contributed by atoms with E-state index in [0.717, 1.165) is 12.5 Å². The molecule has 2 heteroatoms. The molecule has 1 aliphatic carbocycles. The number of fused-ring (bicyclic) bond motifs is 1. The first-order valence-electron chi connectivity index (χ1n) is 3.20. The van der Waals surface area contributed by atoms with Crippen molar-refractivity contribution in [3.05, 3.63) is 24.3 Å². The van der Waals surface area contributed by atoms with Gasteiger partial charge < -0.3 is 0 Å². The van der Waals surface area contributed by atoms with Crippen molar-refractivity contribution in [3.63, 3.8) is 0 Å². The molecule has 0 aromatic carbocycles. The van der Waals surface area contributed by atoms with Gasteiger partial charge >= 0.3 is 0 Å².